The zero-order valence-electron chi connectivity index (χ0n) is 14.7. The van der Waals surface area contributed by atoms with E-state index in [9.17, 15) is 13.2 Å². The Kier molecular flexibility index (Phi) is 7.15. The van der Waals surface area contributed by atoms with Crippen molar-refractivity contribution in [3.05, 3.63) is 42.0 Å². The van der Waals surface area contributed by atoms with Crippen LogP contribution in [0.3, 0.4) is 0 Å². The van der Waals surface area contributed by atoms with Gasteiger partial charge in [-0.25, -0.2) is 0 Å². The second-order valence-electron chi connectivity index (χ2n) is 6.43. The Morgan fingerprint density at radius 3 is 2.38 bits per heavy atom. The fourth-order valence-electron chi connectivity index (χ4n) is 3.43. The van der Waals surface area contributed by atoms with Crippen LogP contribution >= 0.6 is 12.4 Å². The summed E-state index contributed by atoms with van der Waals surface area (Å²) in [7, 11) is 1.62. The lowest BCUT2D eigenvalue weighted by atomic mass is 9.96. The Bertz CT molecular complexity index is 717. The van der Waals surface area contributed by atoms with Crippen LogP contribution in [-0.2, 0) is 0 Å². The monoisotopic (exact) mass is 388 g/mol. The molecule has 3 rings (SSSR count). The van der Waals surface area contributed by atoms with Crippen LogP contribution in [0.25, 0.3) is 10.8 Å². The molecule has 7 heteroatoms. The lowest BCUT2D eigenvalue weighted by Crippen LogP contribution is -2.45. The van der Waals surface area contributed by atoms with E-state index in [0.29, 0.717) is 0 Å². The van der Waals surface area contributed by atoms with Gasteiger partial charge in [0, 0.05) is 38.6 Å². The smallest absolute Gasteiger partial charge is 0.389 e. The highest BCUT2D eigenvalue weighted by Crippen LogP contribution is 2.33. The molecule has 1 atom stereocenters. The first-order chi connectivity index (χ1) is 12.0. The first-order valence-corrected chi connectivity index (χ1v) is 8.55. The SMILES string of the molecule is COc1ccc2cc([C@@H](CCC(F)(F)F)N3CCNCC3)ccc2c1.Cl. The molecule has 0 aromatic heterocycles. The van der Waals surface area contributed by atoms with Crippen LogP contribution in [0.15, 0.2) is 36.4 Å². The molecule has 0 aliphatic carbocycles. The maximum absolute atomic E-state index is 12.8. The van der Waals surface area contributed by atoms with E-state index in [4.69, 9.17) is 4.74 Å². The van der Waals surface area contributed by atoms with E-state index in [1.54, 1.807) is 7.11 Å². The quantitative estimate of drug-likeness (QED) is 0.812. The number of rotatable bonds is 5. The Hall–Kier alpha value is -1.50. The second kappa shape index (κ2) is 8.93. The number of halogens is 4. The van der Waals surface area contributed by atoms with Crippen LogP contribution < -0.4 is 10.1 Å². The second-order valence-corrected chi connectivity index (χ2v) is 6.43. The van der Waals surface area contributed by atoms with E-state index in [1.807, 2.05) is 36.4 Å². The molecule has 0 spiro atoms. The standard InChI is InChI=1S/C19H23F3N2O.ClH/c1-25-17-5-4-14-12-16(3-2-15(14)13-17)18(6-7-19(20,21)22)24-10-8-23-9-11-24;/h2-5,12-13,18,23H,6-11H2,1H3;1H/t18-;/m1./s1. The van der Waals surface area contributed by atoms with Crippen LogP contribution in [0.4, 0.5) is 13.2 Å². The first-order valence-electron chi connectivity index (χ1n) is 8.55. The fourth-order valence-corrected chi connectivity index (χ4v) is 3.43. The van der Waals surface area contributed by atoms with E-state index in [-0.39, 0.29) is 24.9 Å². The van der Waals surface area contributed by atoms with Gasteiger partial charge in [0.15, 0.2) is 0 Å². The molecule has 2 aromatic rings. The molecule has 1 fully saturated rings. The molecule has 1 saturated heterocycles. The third-order valence-electron chi connectivity index (χ3n) is 4.75. The van der Waals surface area contributed by atoms with Gasteiger partial charge < -0.3 is 10.1 Å². The Morgan fingerprint density at radius 2 is 1.73 bits per heavy atom. The van der Waals surface area contributed by atoms with E-state index in [0.717, 1.165) is 48.3 Å². The molecular weight excluding hydrogens is 365 g/mol. The summed E-state index contributed by atoms with van der Waals surface area (Å²) >= 11 is 0. The number of hydrogen-bond donors (Lipinski definition) is 1. The van der Waals surface area contributed by atoms with Crippen molar-refractivity contribution in [1.82, 2.24) is 10.2 Å². The van der Waals surface area contributed by atoms with Crippen molar-refractivity contribution in [2.75, 3.05) is 33.3 Å². The topological polar surface area (TPSA) is 24.5 Å². The van der Waals surface area contributed by atoms with Crippen molar-refractivity contribution in [3.8, 4) is 5.75 Å². The van der Waals surface area contributed by atoms with Gasteiger partial charge in [0.1, 0.15) is 5.75 Å². The maximum Gasteiger partial charge on any atom is 0.389 e. The van der Waals surface area contributed by atoms with Crippen LogP contribution in [0.2, 0.25) is 0 Å². The number of nitrogens with one attached hydrogen (secondary N) is 1. The van der Waals surface area contributed by atoms with Crippen LogP contribution in [-0.4, -0.2) is 44.4 Å². The predicted octanol–water partition coefficient (Wildman–Crippen LogP) is 4.56. The molecule has 1 N–H and O–H groups in total. The van der Waals surface area contributed by atoms with E-state index in [1.165, 1.54) is 0 Å². The molecule has 3 nitrogen and oxygen atoms in total. The first kappa shape index (κ1) is 20.8. The van der Waals surface area contributed by atoms with Crippen LogP contribution in [0, 0.1) is 0 Å². The largest absolute Gasteiger partial charge is 0.497 e. The number of benzene rings is 2. The molecule has 0 unspecified atom stereocenters. The summed E-state index contributed by atoms with van der Waals surface area (Å²) in [5, 5.41) is 5.30. The van der Waals surface area contributed by atoms with Gasteiger partial charge in [-0.2, -0.15) is 13.2 Å². The fraction of sp³-hybridized carbons (Fsp3) is 0.474. The van der Waals surface area contributed by atoms with Gasteiger partial charge in [0.05, 0.1) is 7.11 Å². The Labute approximate surface area is 157 Å². The molecule has 0 radical (unpaired) electrons. The highest BCUT2D eigenvalue weighted by Gasteiger charge is 2.31. The summed E-state index contributed by atoms with van der Waals surface area (Å²) in [6, 6.07) is 11.5. The van der Waals surface area contributed by atoms with E-state index < -0.39 is 12.6 Å². The van der Waals surface area contributed by atoms with Gasteiger partial charge in [0.25, 0.3) is 0 Å². The molecule has 1 aliphatic heterocycles. The Morgan fingerprint density at radius 1 is 1.08 bits per heavy atom. The molecule has 1 aliphatic rings. The minimum Gasteiger partial charge on any atom is -0.497 e. The van der Waals surface area contributed by atoms with Gasteiger partial charge in [-0.1, -0.05) is 18.2 Å². The Balaban J connectivity index is 0.00000243. The third-order valence-corrected chi connectivity index (χ3v) is 4.75. The van der Waals surface area contributed by atoms with Gasteiger partial charge in [0.2, 0.25) is 0 Å². The van der Waals surface area contributed by atoms with Gasteiger partial charge in [-0.05, 0) is 41.0 Å². The lowest BCUT2D eigenvalue weighted by Gasteiger charge is -2.35. The average Bonchev–Trinajstić information content (AvgIpc) is 2.61. The number of ether oxygens (including phenoxy) is 1. The molecular formula is C19H24ClF3N2O. The van der Waals surface area contributed by atoms with Crippen molar-refractivity contribution in [1.29, 1.82) is 0 Å². The molecule has 26 heavy (non-hydrogen) atoms. The minimum absolute atomic E-state index is 0. The van der Waals surface area contributed by atoms with E-state index >= 15 is 0 Å². The average molecular weight is 389 g/mol. The number of alkyl halides is 3. The third kappa shape index (κ3) is 5.25. The number of methoxy groups -OCH3 is 1. The molecule has 0 amide bonds. The number of hydrogen-bond acceptors (Lipinski definition) is 3. The number of nitrogens with zero attached hydrogens (tertiary/aromatic N) is 1. The van der Waals surface area contributed by atoms with Gasteiger partial charge in [-0.3, -0.25) is 4.90 Å². The highest BCUT2D eigenvalue weighted by atomic mass is 35.5. The van der Waals surface area contributed by atoms with Gasteiger partial charge >= 0.3 is 6.18 Å². The summed E-state index contributed by atoms with van der Waals surface area (Å²) in [5.74, 6) is 0.774. The normalized spacial score (nSPS) is 16.9. The number of piperazine rings is 1. The van der Waals surface area contributed by atoms with Crippen LogP contribution in [0.1, 0.15) is 24.4 Å². The zero-order chi connectivity index (χ0) is 17.9. The molecule has 0 bridgehead atoms. The zero-order valence-corrected chi connectivity index (χ0v) is 15.5. The van der Waals surface area contributed by atoms with Crippen LogP contribution in [0.5, 0.6) is 5.75 Å². The van der Waals surface area contributed by atoms with Crippen molar-refractivity contribution >= 4 is 23.2 Å². The highest BCUT2D eigenvalue weighted by molar-refractivity contribution is 5.85. The summed E-state index contributed by atoms with van der Waals surface area (Å²) in [6.45, 7) is 3.16. The summed E-state index contributed by atoms with van der Waals surface area (Å²) < 4.78 is 43.6. The summed E-state index contributed by atoms with van der Waals surface area (Å²) in [6.07, 6.45) is -4.80. The van der Waals surface area contributed by atoms with Crippen molar-refractivity contribution in [2.45, 2.75) is 25.1 Å². The molecule has 144 valence electrons. The molecule has 0 saturated carbocycles. The van der Waals surface area contributed by atoms with E-state index in [2.05, 4.69) is 10.2 Å². The van der Waals surface area contributed by atoms with Crippen molar-refractivity contribution in [2.24, 2.45) is 0 Å². The van der Waals surface area contributed by atoms with Crippen molar-refractivity contribution in [3.63, 3.8) is 0 Å². The lowest BCUT2D eigenvalue weighted by molar-refractivity contribution is -0.138. The minimum atomic E-state index is -4.13. The molecule has 1 heterocycles. The van der Waals surface area contributed by atoms with Crippen molar-refractivity contribution < 1.29 is 17.9 Å². The summed E-state index contributed by atoms with van der Waals surface area (Å²) in [5.41, 5.74) is 0.948. The van der Waals surface area contributed by atoms with Gasteiger partial charge in [-0.15, -0.1) is 12.4 Å². The number of fused-ring (bicyclic) bond motifs is 1. The maximum atomic E-state index is 12.8. The molecule has 2 aromatic carbocycles. The predicted molar refractivity (Wildman–Crippen MR) is 100 cm³/mol. The summed E-state index contributed by atoms with van der Waals surface area (Å²) in [4.78, 5) is 2.16.